The lowest BCUT2D eigenvalue weighted by atomic mass is 9.71. The zero-order valence-corrected chi connectivity index (χ0v) is 18.3. The van der Waals surface area contributed by atoms with Crippen molar-refractivity contribution in [1.29, 1.82) is 5.26 Å². The number of fused-ring (bicyclic) bond motifs is 1. The van der Waals surface area contributed by atoms with Crippen LogP contribution in [0.25, 0.3) is 11.0 Å². The van der Waals surface area contributed by atoms with E-state index in [2.05, 4.69) is 20.1 Å². The summed E-state index contributed by atoms with van der Waals surface area (Å²) in [6, 6.07) is 8.51. The van der Waals surface area contributed by atoms with Crippen LogP contribution in [0, 0.1) is 16.5 Å². The molecule has 9 nitrogen and oxygen atoms in total. The van der Waals surface area contributed by atoms with E-state index in [1.165, 1.54) is 16.9 Å². The molecule has 0 aromatic carbocycles. The predicted molar refractivity (Wildman–Crippen MR) is 116 cm³/mol. The van der Waals surface area contributed by atoms with Gasteiger partial charge in [0.25, 0.3) is 5.56 Å². The molecule has 0 aliphatic heterocycles. The minimum atomic E-state index is -4.57. The van der Waals surface area contributed by atoms with E-state index in [4.69, 9.17) is 0 Å². The van der Waals surface area contributed by atoms with Gasteiger partial charge in [0.1, 0.15) is 23.0 Å². The second-order valence-electron chi connectivity index (χ2n) is 8.45. The number of halogens is 3. The Bertz CT molecular complexity index is 1520. The Labute approximate surface area is 196 Å². The van der Waals surface area contributed by atoms with Crippen LogP contribution in [0.4, 0.5) is 13.2 Å². The highest BCUT2D eigenvalue weighted by molar-refractivity contribution is 5.80. The lowest BCUT2D eigenvalue weighted by Gasteiger charge is -2.34. The Morgan fingerprint density at radius 2 is 2.03 bits per heavy atom. The van der Waals surface area contributed by atoms with Gasteiger partial charge in [-0.2, -0.15) is 28.3 Å². The zero-order chi connectivity index (χ0) is 24.9. The van der Waals surface area contributed by atoms with Crippen molar-refractivity contribution in [3.63, 3.8) is 0 Å². The van der Waals surface area contributed by atoms with Gasteiger partial charge < -0.3 is 10.2 Å². The molecule has 4 aromatic rings. The fraction of sp³-hybridized carbons (Fsp3) is 0.304. The van der Waals surface area contributed by atoms with E-state index >= 15 is 0 Å². The zero-order valence-electron chi connectivity index (χ0n) is 18.3. The van der Waals surface area contributed by atoms with Crippen molar-refractivity contribution in [1.82, 2.24) is 24.7 Å². The molecule has 1 saturated carbocycles. The maximum atomic E-state index is 13.0. The molecule has 3 unspecified atom stereocenters. The van der Waals surface area contributed by atoms with Crippen molar-refractivity contribution in [3.8, 4) is 6.07 Å². The van der Waals surface area contributed by atoms with E-state index in [1.807, 2.05) is 6.07 Å². The quantitative estimate of drug-likeness (QED) is 0.352. The first-order valence-electron chi connectivity index (χ1n) is 10.8. The fourth-order valence-corrected chi connectivity index (χ4v) is 4.46. The Morgan fingerprint density at radius 3 is 2.63 bits per heavy atom. The lowest BCUT2D eigenvalue weighted by molar-refractivity contribution is -0.616. The van der Waals surface area contributed by atoms with Crippen molar-refractivity contribution >= 4 is 11.0 Å². The van der Waals surface area contributed by atoms with Crippen molar-refractivity contribution in [3.05, 3.63) is 86.8 Å². The highest BCUT2D eigenvalue weighted by atomic mass is 19.4. The number of aromatic amines is 1. The van der Waals surface area contributed by atoms with Gasteiger partial charge in [0.15, 0.2) is 23.2 Å². The normalized spacial score (nSPS) is 18.7. The van der Waals surface area contributed by atoms with Crippen molar-refractivity contribution < 1.29 is 17.9 Å². The largest absolute Gasteiger partial charge is 0.618 e. The smallest absolute Gasteiger partial charge is 0.433 e. The third-order valence-electron chi connectivity index (χ3n) is 6.47. The summed E-state index contributed by atoms with van der Waals surface area (Å²) in [5, 5.41) is 26.0. The van der Waals surface area contributed by atoms with Gasteiger partial charge in [-0.05, 0) is 31.4 Å². The van der Waals surface area contributed by atoms with Crippen LogP contribution in [0.5, 0.6) is 0 Å². The molecular formula is C23H18F3N7O2. The number of hydrogen-bond acceptors (Lipinski definition) is 6. The molecule has 0 saturated heterocycles. The standard InChI is InChI=1S/C23H18F3N7O2/c1-12(13-5-8-18(28-11-13)23(24,25)26)33-21-19(16(10-27)31-33)22(34)30-20(29-21)15-7-6-14(15)17-4-2-3-9-32(17)35/h2-5,8-9,11-12,14-15H,6-7H2,1H3,(H,29,30,34). The summed E-state index contributed by atoms with van der Waals surface area (Å²) in [5.74, 6) is 0.00950. The number of nitriles is 1. The molecule has 1 aliphatic carbocycles. The summed E-state index contributed by atoms with van der Waals surface area (Å²) in [6.45, 7) is 1.66. The van der Waals surface area contributed by atoms with Crippen molar-refractivity contribution in [2.24, 2.45) is 0 Å². The van der Waals surface area contributed by atoms with Gasteiger partial charge in [0, 0.05) is 24.2 Å². The van der Waals surface area contributed by atoms with Crippen molar-refractivity contribution in [2.75, 3.05) is 0 Å². The molecule has 0 amide bonds. The number of H-pyrrole nitrogens is 1. The minimum Gasteiger partial charge on any atom is -0.618 e. The number of aromatic nitrogens is 6. The number of nitrogens with zero attached hydrogens (tertiary/aromatic N) is 6. The summed E-state index contributed by atoms with van der Waals surface area (Å²) >= 11 is 0. The van der Waals surface area contributed by atoms with Crippen LogP contribution in [0.3, 0.4) is 0 Å². The number of rotatable bonds is 4. The van der Waals surface area contributed by atoms with E-state index in [9.17, 15) is 28.4 Å². The molecule has 4 heterocycles. The first kappa shape index (κ1) is 22.5. The Balaban J connectivity index is 1.58. The number of hydrogen-bond donors (Lipinski definition) is 1. The van der Waals surface area contributed by atoms with E-state index in [-0.39, 0.29) is 28.6 Å². The Morgan fingerprint density at radius 1 is 1.26 bits per heavy atom. The van der Waals surface area contributed by atoms with Gasteiger partial charge in [-0.1, -0.05) is 12.1 Å². The molecule has 0 radical (unpaired) electrons. The second-order valence-corrected chi connectivity index (χ2v) is 8.45. The summed E-state index contributed by atoms with van der Waals surface area (Å²) in [4.78, 5) is 23.8. The summed E-state index contributed by atoms with van der Waals surface area (Å²) in [6.07, 6.45) is -0.623. The monoisotopic (exact) mass is 481 g/mol. The van der Waals surface area contributed by atoms with Gasteiger partial charge in [0.2, 0.25) is 0 Å². The van der Waals surface area contributed by atoms with Crippen LogP contribution in [0.15, 0.2) is 47.5 Å². The fourth-order valence-electron chi connectivity index (χ4n) is 4.46. The van der Waals surface area contributed by atoms with E-state index in [0.29, 0.717) is 23.5 Å². The van der Waals surface area contributed by atoms with Crippen LogP contribution in [0.2, 0.25) is 0 Å². The van der Waals surface area contributed by atoms with E-state index in [1.54, 1.807) is 25.1 Å². The first-order chi connectivity index (χ1) is 16.7. The van der Waals surface area contributed by atoms with E-state index in [0.717, 1.165) is 23.4 Å². The second kappa shape index (κ2) is 8.19. The summed E-state index contributed by atoms with van der Waals surface area (Å²) in [5.41, 5.74) is -0.602. The molecular weight excluding hydrogens is 463 g/mol. The Hall–Kier alpha value is -4.27. The molecule has 4 aromatic heterocycles. The van der Waals surface area contributed by atoms with Gasteiger partial charge in [-0.25, -0.2) is 9.67 Å². The molecule has 12 heteroatoms. The summed E-state index contributed by atoms with van der Waals surface area (Å²) in [7, 11) is 0. The SMILES string of the molecule is CC(c1ccc(C(F)(F)F)nc1)n1nc(C#N)c2c(=O)[nH]c(C3CCC3c3cccc[n+]3[O-])nc21. The molecule has 1 N–H and O–H groups in total. The Kier molecular flexibility index (Phi) is 5.27. The summed E-state index contributed by atoms with van der Waals surface area (Å²) < 4.78 is 40.8. The van der Waals surface area contributed by atoms with E-state index < -0.39 is 23.5 Å². The molecule has 178 valence electrons. The molecule has 1 fully saturated rings. The highest BCUT2D eigenvalue weighted by Gasteiger charge is 2.40. The van der Waals surface area contributed by atoms with Crippen LogP contribution in [-0.2, 0) is 6.18 Å². The third kappa shape index (κ3) is 3.78. The molecule has 5 rings (SSSR count). The lowest BCUT2D eigenvalue weighted by Crippen LogP contribution is -2.38. The predicted octanol–water partition coefficient (Wildman–Crippen LogP) is 3.31. The van der Waals surface area contributed by atoms with Crippen LogP contribution in [-0.4, -0.2) is 24.7 Å². The number of nitrogens with one attached hydrogen (secondary N) is 1. The average Bonchev–Trinajstić information content (AvgIpc) is 3.18. The molecule has 1 aliphatic rings. The van der Waals surface area contributed by atoms with Gasteiger partial charge in [-0.15, -0.1) is 0 Å². The maximum Gasteiger partial charge on any atom is 0.433 e. The highest BCUT2D eigenvalue weighted by Crippen LogP contribution is 2.47. The van der Waals surface area contributed by atoms with Crippen LogP contribution in [0.1, 0.15) is 66.1 Å². The molecule has 35 heavy (non-hydrogen) atoms. The van der Waals surface area contributed by atoms with Crippen LogP contribution >= 0.6 is 0 Å². The van der Waals surface area contributed by atoms with Crippen LogP contribution < -0.4 is 10.3 Å². The minimum absolute atomic E-state index is 0.00237. The molecule has 3 atom stereocenters. The van der Waals surface area contributed by atoms with Gasteiger partial charge in [0.05, 0.1) is 12.0 Å². The van der Waals surface area contributed by atoms with Crippen molar-refractivity contribution in [2.45, 2.75) is 43.8 Å². The number of alkyl halides is 3. The first-order valence-corrected chi connectivity index (χ1v) is 10.8. The van der Waals surface area contributed by atoms with Gasteiger partial charge in [-0.3, -0.25) is 9.78 Å². The molecule has 0 spiro atoms. The number of pyridine rings is 2. The third-order valence-corrected chi connectivity index (χ3v) is 6.47. The topological polar surface area (TPSA) is 127 Å². The maximum absolute atomic E-state index is 13.0. The molecule has 0 bridgehead atoms. The average molecular weight is 481 g/mol. The van der Waals surface area contributed by atoms with Gasteiger partial charge >= 0.3 is 6.18 Å².